The van der Waals surface area contributed by atoms with Crippen molar-refractivity contribution in [1.82, 2.24) is 4.98 Å². The average Bonchev–Trinajstić information content (AvgIpc) is 2.78. The summed E-state index contributed by atoms with van der Waals surface area (Å²) < 4.78 is 4.93. The van der Waals surface area contributed by atoms with Gasteiger partial charge in [-0.15, -0.1) is 0 Å². The van der Waals surface area contributed by atoms with Crippen molar-refractivity contribution in [3.63, 3.8) is 0 Å². The monoisotopic (exact) mass is 272 g/mol. The van der Waals surface area contributed by atoms with Crippen LogP contribution >= 0.6 is 0 Å². The molecule has 1 aromatic carbocycles. The molecule has 0 saturated carbocycles. The van der Waals surface area contributed by atoms with E-state index in [0.717, 1.165) is 5.56 Å². The topological polar surface area (TPSA) is 85.2 Å². The molecule has 0 radical (unpaired) electrons. The Morgan fingerprint density at radius 2 is 2.05 bits per heavy atom. The Morgan fingerprint density at radius 3 is 2.70 bits per heavy atom. The summed E-state index contributed by atoms with van der Waals surface area (Å²) in [4.78, 5) is 24.4. The molecule has 0 saturated heterocycles. The van der Waals surface area contributed by atoms with E-state index in [9.17, 15) is 14.9 Å². The summed E-state index contributed by atoms with van der Waals surface area (Å²) in [5.41, 5.74) is 1.01. The fourth-order valence-electron chi connectivity index (χ4n) is 1.66. The third-order valence-electron chi connectivity index (χ3n) is 2.61. The first-order valence-corrected chi connectivity index (χ1v) is 5.85. The predicted octanol–water partition coefficient (Wildman–Crippen LogP) is 2.85. The van der Waals surface area contributed by atoms with Gasteiger partial charge < -0.3 is 9.72 Å². The number of H-pyrrole nitrogens is 1. The first-order valence-electron chi connectivity index (χ1n) is 5.85. The molecule has 0 unspecified atom stereocenters. The number of aromatic amines is 1. The molecule has 0 aliphatic carbocycles. The highest BCUT2D eigenvalue weighted by Gasteiger charge is 2.22. The van der Waals surface area contributed by atoms with Crippen molar-refractivity contribution in [2.45, 2.75) is 6.92 Å². The van der Waals surface area contributed by atoms with E-state index in [1.165, 1.54) is 12.3 Å². The lowest BCUT2D eigenvalue weighted by Crippen LogP contribution is -2.05. The van der Waals surface area contributed by atoms with Gasteiger partial charge in [-0.1, -0.05) is 30.3 Å². The first kappa shape index (κ1) is 13.5. The number of esters is 1. The van der Waals surface area contributed by atoms with Gasteiger partial charge >= 0.3 is 11.7 Å². The normalized spacial score (nSPS) is 10.7. The van der Waals surface area contributed by atoms with E-state index >= 15 is 0 Å². The number of carbonyl (C=O) groups is 1. The molecule has 0 atom stereocenters. The lowest BCUT2D eigenvalue weighted by molar-refractivity contribution is -0.386. The molecule has 6 nitrogen and oxygen atoms in total. The van der Waals surface area contributed by atoms with Crippen LogP contribution in [0.1, 0.15) is 11.1 Å². The molecule has 0 amide bonds. The number of ether oxygens (including phenoxy) is 1. The fourth-order valence-corrected chi connectivity index (χ4v) is 1.66. The number of nitro groups is 1. The minimum absolute atomic E-state index is 0.157. The molecule has 0 aliphatic rings. The first-order chi connectivity index (χ1) is 9.58. The largest absolute Gasteiger partial charge is 0.399 e. The Hall–Kier alpha value is -2.89. The van der Waals surface area contributed by atoms with Gasteiger partial charge in [-0.2, -0.15) is 0 Å². The third kappa shape index (κ3) is 3.11. The van der Waals surface area contributed by atoms with Crippen LogP contribution in [0.25, 0.3) is 6.08 Å². The number of hydrogen-bond donors (Lipinski definition) is 1. The van der Waals surface area contributed by atoms with Gasteiger partial charge in [-0.3, -0.25) is 10.1 Å². The van der Waals surface area contributed by atoms with Crippen LogP contribution in [-0.2, 0) is 4.79 Å². The zero-order chi connectivity index (χ0) is 14.5. The molecule has 20 heavy (non-hydrogen) atoms. The van der Waals surface area contributed by atoms with Crippen molar-refractivity contribution in [3.8, 4) is 5.88 Å². The van der Waals surface area contributed by atoms with E-state index in [1.807, 2.05) is 30.3 Å². The Bertz CT molecular complexity index is 659. The smallest absolute Gasteiger partial charge is 0.337 e. The maximum Gasteiger partial charge on any atom is 0.337 e. The molecule has 6 heteroatoms. The van der Waals surface area contributed by atoms with Crippen LogP contribution in [0.2, 0.25) is 0 Å². The number of carbonyl (C=O) groups excluding carboxylic acids is 1. The van der Waals surface area contributed by atoms with Crippen molar-refractivity contribution >= 4 is 17.7 Å². The number of benzene rings is 1. The van der Waals surface area contributed by atoms with Gasteiger partial charge in [0, 0.05) is 17.8 Å². The van der Waals surface area contributed by atoms with Crippen LogP contribution in [0.3, 0.4) is 0 Å². The molecule has 0 spiro atoms. The Balaban J connectivity index is 2.09. The average molecular weight is 272 g/mol. The zero-order valence-corrected chi connectivity index (χ0v) is 10.7. The standard InChI is InChI=1S/C14H12N2O4/c1-10-9-15-14(13(10)16(18)19)20-12(17)8-7-11-5-3-2-4-6-11/h2-9,15H,1H3. The van der Waals surface area contributed by atoms with Gasteiger partial charge in [0.2, 0.25) is 0 Å². The Labute approximate surface area is 114 Å². The van der Waals surface area contributed by atoms with Gasteiger partial charge in [0.1, 0.15) is 0 Å². The number of aromatic nitrogens is 1. The van der Waals surface area contributed by atoms with Crippen LogP contribution in [0, 0.1) is 17.0 Å². The van der Waals surface area contributed by atoms with Crippen LogP contribution < -0.4 is 4.74 Å². The molecule has 0 aliphatic heterocycles. The molecule has 1 N–H and O–H groups in total. The van der Waals surface area contributed by atoms with Gasteiger partial charge in [-0.05, 0) is 18.6 Å². The van der Waals surface area contributed by atoms with Crippen molar-refractivity contribution in [3.05, 3.63) is 63.8 Å². The third-order valence-corrected chi connectivity index (χ3v) is 2.61. The van der Waals surface area contributed by atoms with Crippen LogP contribution in [0.5, 0.6) is 5.88 Å². The molecule has 102 valence electrons. The van der Waals surface area contributed by atoms with E-state index in [4.69, 9.17) is 4.74 Å². The summed E-state index contributed by atoms with van der Waals surface area (Å²) in [5.74, 6) is -0.839. The summed E-state index contributed by atoms with van der Waals surface area (Å²) >= 11 is 0. The lowest BCUT2D eigenvalue weighted by atomic mass is 10.2. The van der Waals surface area contributed by atoms with E-state index in [-0.39, 0.29) is 11.6 Å². The summed E-state index contributed by atoms with van der Waals surface area (Å²) in [6.07, 6.45) is 4.21. The Morgan fingerprint density at radius 1 is 1.35 bits per heavy atom. The second-order valence-electron chi connectivity index (χ2n) is 4.07. The van der Waals surface area contributed by atoms with E-state index in [1.54, 1.807) is 13.0 Å². The maximum absolute atomic E-state index is 11.6. The molecule has 2 rings (SSSR count). The van der Waals surface area contributed by atoms with Gasteiger partial charge in [0.15, 0.2) is 0 Å². The number of rotatable bonds is 4. The molecule has 0 fully saturated rings. The molecular formula is C14H12N2O4. The molecule has 1 aromatic heterocycles. The van der Waals surface area contributed by atoms with Crippen molar-refractivity contribution in [2.24, 2.45) is 0 Å². The summed E-state index contributed by atoms with van der Waals surface area (Å²) in [5, 5.41) is 10.8. The quantitative estimate of drug-likeness (QED) is 0.401. The van der Waals surface area contributed by atoms with Crippen LogP contribution in [-0.4, -0.2) is 15.9 Å². The minimum Gasteiger partial charge on any atom is -0.399 e. The second kappa shape index (κ2) is 5.83. The molecule has 0 bridgehead atoms. The predicted molar refractivity (Wildman–Crippen MR) is 73.3 cm³/mol. The SMILES string of the molecule is Cc1c[nH]c(OC(=O)C=Cc2ccccc2)c1[N+](=O)[O-]. The summed E-state index contributed by atoms with van der Waals surface area (Å²) in [7, 11) is 0. The Kier molecular flexibility index (Phi) is 3.95. The van der Waals surface area contributed by atoms with E-state index in [2.05, 4.69) is 4.98 Å². The number of aryl methyl sites for hydroxylation is 1. The lowest BCUT2D eigenvalue weighted by Gasteiger charge is -1.98. The second-order valence-corrected chi connectivity index (χ2v) is 4.07. The van der Waals surface area contributed by atoms with Crippen molar-refractivity contribution < 1.29 is 14.5 Å². The number of nitrogens with one attached hydrogen (secondary N) is 1. The molecular weight excluding hydrogens is 260 g/mol. The van der Waals surface area contributed by atoms with E-state index < -0.39 is 10.9 Å². The van der Waals surface area contributed by atoms with Crippen LogP contribution in [0.4, 0.5) is 5.69 Å². The fraction of sp³-hybridized carbons (Fsp3) is 0.0714. The summed E-state index contributed by atoms with van der Waals surface area (Å²) in [6, 6.07) is 9.19. The van der Waals surface area contributed by atoms with Crippen molar-refractivity contribution in [2.75, 3.05) is 0 Å². The number of nitrogens with zero attached hydrogens (tertiary/aromatic N) is 1. The molecule has 1 heterocycles. The zero-order valence-electron chi connectivity index (χ0n) is 10.7. The highest BCUT2D eigenvalue weighted by atomic mass is 16.6. The van der Waals surface area contributed by atoms with Gasteiger partial charge in [-0.25, -0.2) is 4.79 Å². The van der Waals surface area contributed by atoms with Gasteiger partial charge in [0.05, 0.1) is 4.92 Å². The highest BCUT2D eigenvalue weighted by molar-refractivity contribution is 5.89. The van der Waals surface area contributed by atoms with Crippen LogP contribution in [0.15, 0.2) is 42.6 Å². The number of hydrogen-bond acceptors (Lipinski definition) is 4. The van der Waals surface area contributed by atoms with Crippen molar-refractivity contribution in [1.29, 1.82) is 0 Å². The maximum atomic E-state index is 11.6. The minimum atomic E-state index is -0.682. The van der Waals surface area contributed by atoms with Gasteiger partial charge in [0.25, 0.3) is 5.88 Å². The summed E-state index contributed by atoms with van der Waals surface area (Å²) in [6.45, 7) is 1.56. The highest BCUT2D eigenvalue weighted by Crippen LogP contribution is 2.29. The molecule has 2 aromatic rings. The van der Waals surface area contributed by atoms with E-state index in [0.29, 0.717) is 5.56 Å².